The zero-order valence-electron chi connectivity index (χ0n) is 9.90. The molecule has 2 rings (SSSR count). The van der Waals surface area contributed by atoms with Crippen molar-refractivity contribution in [3.8, 4) is 11.5 Å². The van der Waals surface area contributed by atoms with Crippen LogP contribution < -0.4 is 14.8 Å². The van der Waals surface area contributed by atoms with Gasteiger partial charge in [0.1, 0.15) is 5.75 Å². The summed E-state index contributed by atoms with van der Waals surface area (Å²) in [6, 6.07) is 3.01. The molecule has 0 bridgehead atoms. The van der Waals surface area contributed by atoms with Gasteiger partial charge in [-0.05, 0) is 6.07 Å². The number of amides is 1. The van der Waals surface area contributed by atoms with Gasteiger partial charge in [-0.1, -0.05) is 6.58 Å². The van der Waals surface area contributed by atoms with Crippen molar-refractivity contribution in [3.63, 3.8) is 0 Å². The van der Waals surface area contributed by atoms with Gasteiger partial charge < -0.3 is 19.5 Å². The molecule has 1 aromatic rings. The van der Waals surface area contributed by atoms with Gasteiger partial charge >= 0.3 is 5.97 Å². The summed E-state index contributed by atoms with van der Waals surface area (Å²) in [6.07, 6.45) is 0. The van der Waals surface area contributed by atoms with Crippen molar-refractivity contribution in [2.24, 2.45) is 0 Å². The molecule has 0 saturated carbocycles. The van der Waals surface area contributed by atoms with Crippen molar-refractivity contribution in [1.29, 1.82) is 0 Å². The number of hydrogen-bond donors (Lipinski definition) is 1. The van der Waals surface area contributed by atoms with E-state index in [-0.39, 0.29) is 17.0 Å². The molecule has 1 aromatic carbocycles. The minimum atomic E-state index is -0.596. The number of esters is 1. The first kappa shape index (κ1) is 12.0. The van der Waals surface area contributed by atoms with Gasteiger partial charge in [0.25, 0.3) is 5.91 Å². The van der Waals surface area contributed by atoms with Gasteiger partial charge in [0, 0.05) is 6.07 Å². The molecule has 0 spiro atoms. The van der Waals surface area contributed by atoms with E-state index in [0.29, 0.717) is 11.5 Å². The molecule has 1 aliphatic rings. The van der Waals surface area contributed by atoms with Crippen LogP contribution in [-0.2, 0) is 9.53 Å². The number of methoxy groups -OCH3 is 2. The normalized spacial score (nSPS) is 13.2. The van der Waals surface area contributed by atoms with Gasteiger partial charge in [0.05, 0.1) is 25.5 Å². The largest absolute Gasteiger partial charge is 0.497 e. The molecule has 94 valence electrons. The first-order chi connectivity index (χ1) is 8.56. The molecule has 0 unspecified atom stereocenters. The van der Waals surface area contributed by atoms with E-state index >= 15 is 0 Å². The van der Waals surface area contributed by atoms with Crippen LogP contribution in [0.1, 0.15) is 10.4 Å². The standard InChI is InChI=1S/C12H11NO5/c1-6-11(14)13-10-8(12(15)17-3)4-7(16-2)5-9(10)18-6/h4-5H,1H2,2-3H3,(H,13,14). The second-order valence-corrected chi connectivity index (χ2v) is 3.52. The Morgan fingerprint density at radius 1 is 1.39 bits per heavy atom. The molecular weight excluding hydrogens is 238 g/mol. The summed E-state index contributed by atoms with van der Waals surface area (Å²) in [5.41, 5.74) is 0.410. The topological polar surface area (TPSA) is 73.9 Å². The van der Waals surface area contributed by atoms with Gasteiger partial charge in [-0.2, -0.15) is 0 Å². The Labute approximate surface area is 103 Å². The van der Waals surface area contributed by atoms with Crippen LogP contribution >= 0.6 is 0 Å². The highest BCUT2D eigenvalue weighted by Crippen LogP contribution is 2.37. The van der Waals surface area contributed by atoms with Crippen LogP contribution in [0.15, 0.2) is 24.5 Å². The van der Waals surface area contributed by atoms with E-state index in [1.54, 1.807) is 6.07 Å². The SMILES string of the molecule is C=C1Oc2cc(OC)cc(C(=O)OC)c2NC1=O. The molecule has 0 fully saturated rings. The van der Waals surface area contributed by atoms with Crippen LogP contribution in [0.3, 0.4) is 0 Å². The van der Waals surface area contributed by atoms with Crippen LogP contribution in [0.4, 0.5) is 5.69 Å². The van der Waals surface area contributed by atoms with Crippen molar-refractivity contribution in [2.75, 3.05) is 19.5 Å². The number of benzene rings is 1. The minimum absolute atomic E-state index is 0.0495. The van der Waals surface area contributed by atoms with Crippen LogP contribution in [0.2, 0.25) is 0 Å². The number of anilines is 1. The molecule has 0 aromatic heterocycles. The molecular formula is C12H11NO5. The predicted octanol–water partition coefficient (Wildman–Crippen LogP) is 1.33. The fourth-order valence-electron chi connectivity index (χ4n) is 1.55. The quantitative estimate of drug-likeness (QED) is 0.632. The van der Waals surface area contributed by atoms with E-state index < -0.39 is 11.9 Å². The Bertz CT molecular complexity index is 550. The lowest BCUT2D eigenvalue weighted by Gasteiger charge is -2.21. The lowest BCUT2D eigenvalue weighted by molar-refractivity contribution is -0.115. The molecule has 0 aliphatic carbocycles. The van der Waals surface area contributed by atoms with Crippen molar-refractivity contribution in [1.82, 2.24) is 0 Å². The summed E-state index contributed by atoms with van der Waals surface area (Å²) in [5, 5.41) is 2.52. The summed E-state index contributed by atoms with van der Waals surface area (Å²) in [6.45, 7) is 3.45. The Kier molecular flexibility index (Phi) is 2.93. The third kappa shape index (κ3) is 1.88. The summed E-state index contributed by atoms with van der Waals surface area (Å²) < 4.78 is 14.9. The molecule has 1 N–H and O–H groups in total. The zero-order chi connectivity index (χ0) is 13.3. The Morgan fingerprint density at radius 3 is 2.72 bits per heavy atom. The van der Waals surface area contributed by atoms with Crippen molar-refractivity contribution in [2.45, 2.75) is 0 Å². The molecule has 6 nitrogen and oxygen atoms in total. The molecule has 0 atom stereocenters. The third-order valence-electron chi connectivity index (χ3n) is 2.44. The van der Waals surface area contributed by atoms with Gasteiger partial charge in [-0.25, -0.2) is 4.79 Å². The summed E-state index contributed by atoms with van der Waals surface area (Å²) in [4.78, 5) is 23.1. The van der Waals surface area contributed by atoms with E-state index in [4.69, 9.17) is 9.47 Å². The fraction of sp³-hybridized carbons (Fsp3) is 0.167. The summed E-state index contributed by atoms with van der Waals surface area (Å²) in [7, 11) is 2.71. The van der Waals surface area contributed by atoms with Crippen LogP contribution in [-0.4, -0.2) is 26.1 Å². The fourth-order valence-corrected chi connectivity index (χ4v) is 1.55. The van der Waals surface area contributed by atoms with E-state index in [2.05, 4.69) is 16.6 Å². The Balaban J connectivity index is 2.59. The molecule has 6 heteroatoms. The second-order valence-electron chi connectivity index (χ2n) is 3.52. The molecule has 0 radical (unpaired) electrons. The minimum Gasteiger partial charge on any atom is -0.497 e. The van der Waals surface area contributed by atoms with Crippen LogP contribution in [0.25, 0.3) is 0 Å². The Morgan fingerprint density at radius 2 is 2.11 bits per heavy atom. The maximum absolute atomic E-state index is 11.6. The monoisotopic (exact) mass is 249 g/mol. The summed E-state index contributed by atoms with van der Waals surface area (Å²) >= 11 is 0. The van der Waals surface area contributed by atoms with Crippen molar-refractivity contribution >= 4 is 17.6 Å². The molecule has 1 heterocycles. The molecule has 0 saturated heterocycles. The molecule has 18 heavy (non-hydrogen) atoms. The maximum atomic E-state index is 11.6. The smallest absolute Gasteiger partial charge is 0.340 e. The van der Waals surface area contributed by atoms with E-state index in [1.165, 1.54) is 20.3 Å². The average molecular weight is 249 g/mol. The lowest BCUT2D eigenvalue weighted by Crippen LogP contribution is -2.25. The molecule has 1 aliphatic heterocycles. The second kappa shape index (κ2) is 4.40. The zero-order valence-corrected chi connectivity index (χ0v) is 9.90. The van der Waals surface area contributed by atoms with Crippen molar-refractivity contribution in [3.05, 3.63) is 30.0 Å². The number of ether oxygens (including phenoxy) is 3. The first-order valence-corrected chi connectivity index (χ1v) is 5.05. The van der Waals surface area contributed by atoms with Gasteiger partial charge in [0.15, 0.2) is 11.5 Å². The third-order valence-corrected chi connectivity index (χ3v) is 2.44. The van der Waals surface area contributed by atoms with Gasteiger partial charge in [-0.3, -0.25) is 4.79 Å². The molecule has 1 amide bonds. The number of carbonyl (C=O) groups is 2. The van der Waals surface area contributed by atoms with E-state index in [9.17, 15) is 9.59 Å². The average Bonchev–Trinajstić information content (AvgIpc) is 2.38. The van der Waals surface area contributed by atoms with E-state index in [1.807, 2.05) is 0 Å². The number of fused-ring (bicyclic) bond motifs is 1. The highest BCUT2D eigenvalue weighted by atomic mass is 16.5. The van der Waals surface area contributed by atoms with Gasteiger partial charge in [-0.15, -0.1) is 0 Å². The van der Waals surface area contributed by atoms with Crippen LogP contribution in [0, 0.1) is 0 Å². The number of rotatable bonds is 2. The lowest BCUT2D eigenvalue weighted by atomic mass is 10.1. The highest BCUT2D eigenvalue weighted by molar-refractivity contribution is 6.10. The highest BCUT2D eigenvalue weighted by Gasteiger charge is 2.27. The first-order valence-electron chi connectivity index (χ1n) is 5.05. The van der Waals surface area contributed by atoms with E-state index in [0.717, 1.165) is 0 Å². The maximum Gasteiger partial charge on any atom is 0.340 e. The summed E-state index contributed by atoms with van der Waals surface area (Å²) in [5.74, 6) is -0.441. The van der Waals surface area contributed by atoms with Crippen molar-refractivity contribution < 1.29 is 23.8 Å². The van der Waals surface area contributed by atoms with Gasteiger partial charge in [0.2, 0.25) is 0 Å². The van der Waals surface area contributed by atoms with Crippen LogP contribution in [0.5, 0.6) is 11.5 Å². The predicted molar refractivity (Wildman–Crippen MR) is 62.7 cm³/mol. The number of hydrogen-bond acceptors (Lipinski definition) is 5. The number of carbonyl (C=O) groups excluding carboxylic acids is 2. The Hall–Kier alpha value is -2.50. The number of nitrogens with one attached hydrogen (secondary N) is 1.